The molecule has 0 spiro atoms. The van der Waals surface area contributed by atoms with Gasteiger partial charge in [0.2, 0.25) is 0 Å². The highest BCUT2D eigenvalue weighted by Crippen LogP contribution is 2.31. The van der Waals surface area contributed by atoms with Gasteiger partial charge in [-0.2, -0.15) is 13.2 Å². The second kappa shape index (κ2) is 5.92. The Hall–Kier alpha value is -2.81. The molecule has 130 valence electrons. The van der Waals surface area contributed by atoms with Crippen molar-refractivity contribution in [1.82, 2.24) is 4.98 Å². The number of benzene rings is 2. The van der Waals surface area contributed by atoms with Crippen molar-refractivity contribution in [1.29, 1.82) is 0 Å². The van der Waals surface area contributed by atoms with Gasteiger partial charge in [0, 0.05) is 22.7 Å². The Morgan fingerprint density at radius 2 is 1.72 bits per heavy atom. The van der Waals surface area contributed by atoms with Crippen molar-refractivity contribution in [3.8, 4) is 0 Å². The predicted molar refractivity (Wildman–Crippen MR) is 85.9 cm³/mol. The van der Waals surface area contributed by atoms with E-state index in [-0.39, 0.29) is 16.1 Å². The van der Waals surface area contributed by atoms with Gasteiger partial charge in [-0.3, -0.25) is 9.52 Å². The standard InChI is InChI=1S/C16H11F3N2O3S/c17-16(18,19)11-4-6-12(7-5-11)25(23,24)21-14-3-1-2-13-15(14)10(9-22)8-20-13/h1-9,20-21H. The average molecular weight is 368 g/mol. The maximum atomic E-state index is 12.6. The Bertz CT molecular complexity index is 1040. The van der Waals surface area contributed by atoms with Gasteiger partial charge in [0.05, 0.1) is 16.1 Å². The molecule has 0 aliphatic carbocycles. The lowest BCUT2D eigenvalue weighted by atomic mass is 10.1. The monoisotopic (exact) mass is 368 g/mol. The molecule has 0 atom stereocenters. The number of sulfonamides is 1. The Kier molecular flexibility index (Phi) is 4.03. The summed E-state index contributed by atoms with van der Waals surface area (Å²) in [6, 6.07) is 7.86. The zero-order chi connectivity index (χ0) is 18.2. The van der Waals surface area contributed by atoms with E-state index in [9.17, 15) is 26.4 Å². The van der Waals surface area contributed by atoms with E-state index in [4.69, 9.17) is 0 Å². The molecule has 0 saturated carbocycles. The fourth-order valence-electron chi connectivity index (χ4n) is 2.42. The molecule has 0 fully saturated rings. The summed E-state index contributed by atoms with van der Waals surface area (Å²) in [5, 5.41) is 0.382. The molecule has 0 aliphatic heterocycles. The van der Waals surface area contributed by atoms with Crippen LogP contribution in [0.15, 0.2) is 53.6 Å². The van der Waals surface area contributed by atoms with Gasteiger partial charge in [-0.1, -0.05) is 6.07 Å². The van der Waals surface area contributed by atoms with Crippen LogP contribution in [0.5, 0.6) is 0 Å². The quantitative estimate of drug-likeness (QED) is 0.688. The summed E-state index contributed by atoms with van der Waals surface area (Å²) in [7, 11) is -4.12. The first-order valence-corrected chi connectivity index (χ1v) is 8.46. The number of carbonyl (C=O) groups is 1. The van der Waals surface area contributed by atoms with Gasteiger partial charge in [-0.05, 0) is 36.4 Å². The van der Waals surface area contributed by atoms with E-state index in [1.807, 2.05) is 0 Å². The first kappa shape index (κ1) is 17.0. The van der Waals surface area contributed by atoms with Gasteiger partial charge < -0.3 is 4.98 Å². The van der Waals surface area contributed by atoms with E-state index in [2.05, 4.69) is 9.71 Å². The van der Waals surface area contributed by atoms with Crippen molar-refractivity contribution in [3.05, 3.63) is 59.8 Å². The van der Waals surface area contributed by atoms with Crippen molar-refractivity contribution in [2.45, 2.75) is 11.1 Å². The van der Waals surface area contributed by atoms with Crippen LogP contribution in [-0.2, 0) is 16.2 Å². The van der Waals surface area contributed by atoms with Crippen molar-refractivity contribution in [2.24, 2.45) is 0 Å². The third-order valence-corrected chi connectivity index (χ3v) is 4.98. The van der Waals surface area contributed by atoms with Crippen LogP contribution in [-0.4, -0.2) is 19.7 Å². The Labute approximate surface area is 140 Å². The van der Waals surface area contributed by atoms with Crippen molar-refractivity contribution in [2.75, 3.05) is 4.72 Å². The second-order valence-corrected chi connectivity index (χ2v) is 6.90. The van der Waals surface area contributed by atoms with Gasteiger partial charge in [0.25, 0.3) is 10.0 Å². The molecule has 0 unspecified atom stereocenters. The number of aromatic amines is 1. The van der Waals surface area contributed by atoms with E-state index in [1.165, 1.54) is 12.3 Å². The zero-order valence-corrected chi connectivity index (χ0v) is 13.3. The Balaban J connectivity index is 2.00. The van der Waals surface area contributed by atoms with Crippen LogP contribution in [0.1, 0.15) is 15.9 Å². The highest BCUT2D eigenvalue weighted by molar-refractivity contribution is 7.92. The SMILES string of the molecule is O=Cc1c[nH]c2cccc(NS(=O)(=O)c3ccc(C(F)(F)F)cc3)c12. The van der Waals surface area contributed by atoms with Crippen LogP contribution in [0.3, 0.4) is 0 Å². The van der Waals surface area contributed by atoms with Gasteiger partial charge in [0.1, 0.15) is 0 Å². The molecule has 0 aliphatic rings. The molecule has 1 heterocycles. The van der Waals surface area contributed by atoms with Gasteiger partial charge in [-0.25, -0.2) is 8.42 Å². The van der Waals surface area contributed by atoms with Gasteiger partial charge in [-0.15, -0.1) is 0 Å². The third kappa shape index (κ3) is 3.22. The minimum atomic E-state index is -4.55. The number of rotatable bonds is 4. The van der Waals surface area contributed by atoms with Crippen LogP contribution >= 0.6 is 0 Å². The minimum Gasteiger partial charge on any atom is -0.360 e. The Morgan fingerprint density at radius 3 is 2.32 bits per heavy atom. The number of hydrogen-bond acceptors (Lipinski definition) is 3. The fourth-order valence-corrected chi connectivity index (χ4v) is 3.49. The maximum Gasteiger partial charge on any atom is 0.416 e. The smallest absolute Gasteiger partial charge is 0.360 e. The summed E-state index contributed by atoms with van der Waals surface area (Å²) in [6.45, 7) is 0. The molecule has 9 heteroatoms. The van der Waals surface area contributed by atoms with Crippen LogP contribution in [0, 0.1) is 0 Å². The van der Waals surface area contributed by atoms with Crippen molar-refractivity contribution in [3.63, 3.8) is 0 Å². The van der Waals surface area contributed by atoms with Crippen LogP contribution in [0.2, 0.25) is 0 Å². The summed E-state index contributed by atoms with van der Waals surface area (Å²) in [5.74, 6) is 0. The Morgan fingerprint density at radius 1 is 1.04 bits per heavy atom. The summed E-state index contributed by atoms with van der Waals surface area (Å²) in [5.41, 5.74) is 0.0265. The summed E-state index contributed by atoms with van der Waals surface area (Å²) >= 11 is 0. The van der Waals surface area contributed by atoms with Crippen LogP contribution in [0.25, 0.3) is 10.9 Å². The summed E-state index contributed by atoms with van der Waals surface area (Å²) in [6.07, 6.45) is -2.53. The second-order valence-electron chi connectivity index (χ2n) is 5.22. The highest BCUT2D eigenvalue weighted by atomic mass is 32.2. The maximum absolute atomic E-state index is 12.6. The number of aromatic nitrogens is 1. The lowest BCUT2D eigenvalue weighted by molar-refractivity contribution is -0.137. The third-order valence-electron chi connectivity index (χ3n) is 3.60. The molecule has 5 nitrogen and oxygen atoms in total. The lowest BCUT2D eigenvalue weighted by Crippen LogP contribution is -2.14. The summed E-state index contributed by atoms with van der Waals surface area (Å²) < 4.78 is 64.9. The largest absolute Gasteiger partial charge is 0.416 e. The molecule has 0 saturated heterocycles. The number of H-pyrrole nitrogens is 1. The minimum absolute atomic E-state index is 0.153. The first-order valence-electron chi connectivity index (χ1n) is 6.98. The lowest BCUT2D eigenvalue weighted by Gasteiger charge is -2.11. The molecule has 0 bridgehead atoms. The molecule has 0 radical (unpaired) electrons. The number of hydrogen-bond donors (Lipinski definition) is 2. The van der Waals surface area contributed by atoms with E-state index in [0.717, 1.165) is 12.1 Å². The normalized spacial score (nSPS) is 12.3. The molecule has 1 aromatic heterocycles. The molecule has 3 aromatic rings. The van der Waals surface area contributed by atoms with Crippen LogP contribution < -0.4 is 4.72 Å². The fraction of sp³-hybridized carbons (Fsp3) is 0.0625. The molecule has 25 heavy (non-hydrogen) atoms. The van der Waals surface area contributed by atoms with Crippen LogP contribution in [0.4, 0.5) is 18.9 Å². The number of halogens is 3. The number of carbonyl (C=O) groups excluding carboxylic acids is 1. The zero-order valence-electron chi connectivity index (χ0n) is 12.5. The van der Waals surface area contributed by atoms with Crippen molar-refractivity contribution >= 4 is 32.9 Å². The molecular weight excluding hydrogens is 357 g/mol. The molecule has 2 N–H and O–H groups in total. The van der Waals surface area contributed by atoms with Gasteiger partial charge in [0.15, 0.2) is 6.29 Å². The summed E-state index contributed by atoms with van der Waals surface area (Å²) in [4.78, 5) is 13.6. The van der Waals surface area contributed by atoms with E-state index in [0.29, 0.717) is 29.3 Å². The predicted octanol–water partition coefficient (Wildman–Crippen LogP) is 3.80. The number of fused-ring (bicyclic) bond motifs is 1. The number of nitrogens with one attached hydrogen (secondary N) is 2. The van der Waals surface area contributed by atoms with E-state index < -0.39 is 21.8 Å². The molecule has 2 aromatic carbocycles. The number of anilines is 1. The molecule has 0 amide bonds. The number of aldehydes is 1. The molecule has 3 rings (SSSR count). The first-order chi connectivity index (χ1) is 11.7. The highest BCUT2D eigenvalue weighted by Gasteiger charge is 2.30. The molecular formula is C16H11F3N2O3S. The van der Waals surface area contributed by atoms with E-state index >= 15 is 0 Å². The van der Waals surface area contributed by atoms with Gasteiger partial charge >= 0.3 is 6.18 Å². The van der Waals surface area contributed by atoms with E-state index in [1.54, 1.807) is 12.1 Å². The van der Waals surface area contributed by atoms with Crippen molar-refractivity contribution < 1.29 is 26.4 Å². The topological polar surface area (TPSA) is 79.0 Å². The number of alkyl halides is 3. The average Bonchev–Trinajstić information content (AvgIpc) is 2.98.